The number of rotatable bonds is 2. The van der Waals surface area contributed by atoms with Gasteiger partial charge in [-0.05, 0) is 37.8 Å². The number of thiophene rings is 1. The van der Waals surface area contributed by atoms with Crippen LogP contribution >= 0.6 is 11.3 Å². The number of aromatic nitrogens is 1. The van der Waals surface area contributed by atoms with Crippen LogP contribution in [0.15, 0.2) is 12.1 Å². The summed E-state index contributed by atoms with van der Waals surface area (Å²) < 4.78 is 0. The molecule has 0 spiro atoms. The Balaban J connectivity index is 2.26. The molecule has 0 unspecified atom stereocenters. The Morgan fingerprint density at radius 3 is 2.85 bits per heavy atom. The van der Waals surface area contributed by atoms with Gasteiger partial charge in [0, 0.05) is 27.3 Å². The highest BCUT2D eigenvalue weighted by atomic mass is 32.1. The summed E-state index contributed by atoms with van der Waals surface area (Å²) in [6, 6.07) is 6.58. The van der Waals surface area contributed by atoms with Crippen molar-refractivity contribution in [3.05, 3.63) is 33.8 Å². The van der Waals surface area contributed by atoms with Gasteiger partial charge in [0.05, 0.1) is 0 Å². The zero-order chi connectivity index (χ0) is 14.1. The molecule has 0 atom stereocenters. The summed E-state index contributed by atoms with van der Waals surface area (Å²) >= 11 is 1.78. The Kier molecular flexibility index (Phi) is 3.45. The van der Waals surface area contributed by atoms with Gasteiger partial charge in [0.25, 0.3) is 5.82 Å². The number of H-pyrrole nitrogens is 1. The van der Waals surface area contributed by atoms with E-state index in [-0.39, 0.29) is 0 Å². The minimum absolute atomic E-state index is 0.509. The number of nitrogens with two attached hydrogens (primary N) is 1. The topological polar surface area (TPSA) is 64.0 Å². The van der Waals surface area contributed by atoms with E-state index in [1.54, 1.807) is 11.3 Å². The van der Waals surface area contributed by atoms with E-state index in [0.29, 0.717) is 11.4 Å². The molecule has 2 aromatic heterocycles. The number of aryl methyl sites for hydroxylation is 2. The lowest BCUT2D eigenvalue weighted by Gasteiger charge is -2.17. The van der Waals surface area contributed by atoms with Gasteiger partial charge >= 0.3 is 0 Å². The normalized spacial score (nSPS) is 13.8. The van der Waals surface area contributed by atoms with Crippen LogP contribution < -0.4 is 10.7 Å². The van der Waals surface area contributed by atoms with E-state index < -0.39 is 0 Å². The zero-order valence-corrected chi connectivity index (χ0v) is 12.4. The van der Waals surface area contributed by atoms with Gasteiger partial charge in [-0.1, -0.05) is 6.92 Å². The largest absolute Gasteiger partial charge is 0.289 e. The molecule has 1 aliphatic rings. The number of nitrogen functional groups attached to an aromatic ring is 1. The Bertz CT molecular complexity index is 694. The maximum Gasteiger partial charge on any atom is 0.289 e. The molecule has 3 rings (SSSR count). The van der Waals surface area contributed by atoms with Crippen LogP contribution in [0.5, 0.6) is 0 Å². The molecule has 0 saturated heterocycles. The average molecular weight is 284 g/mol. The summed E-state index contributed by atoms with van der Waals surface area (Å²) in [5.41, 5.74) is 10.3. The van der Waals surface area contributed by atoms with Crippen molar-refractivity contribution in [2.45, 2.75) is 39.0 Å². The van der Waals surface area contributed by atoms with Crippen molar-refractivity contribution in [2.75, 3.05) is 5.73 Å². The first-order chi connectivity index (χ1) is 9.74. The standard InChI is InChI=1S/C16H17N3S/c1-2-10-7-8-14(20-10)15-11-5-3-4-6-13(11)19-16(18)12(15)9-17/h7-8H,2-6H2,1H3,(H2,18,19)/p+1. The van der Waals surface area contributed by atoms with Crippen molar-refractivity contribution in [1.82, 2.24) is 0 Å². The molecule has 0 fully saturated rings. The van der Waals surface area contributed by atoms with Gasteiger partial charge in [-0.3, -0.25) is 5.73 Å². The van der Waals surface area contributed by atoms with Crippen molar-refractivity contribution < 1.29 is 4.98 Å². The second-order valence-electron chi connectivity index (χ2n) is 5.18. The van der Waals surface area contributed by atoms with E-state index in [4.69, 9.17) is 5.73 Å². The molecule has 0 radical (unpaired) electrons. The van der Waals surface area contributed by atoms with Crippen LogP contribution in [0.2, 0.25) is 0 Å². The Labute approximate surface area is 123 Å². The smallest absolute Gasteiger partial charge is 0.286 e. The quantitative estimate of drug-likeness (QED) is 0.920. The zero-order valence-electron chi connectivity index (χ0n) is 11.6. The third kappa shape index (κ3) is 2.08. The molecule has 0 amide bonds. The molecular formula is C16H18N3S+. The maximum absolute atomic E-state index is 9.48. The molecule has 0 aromatic carbocycles. The van der Waals surface area contributed by atoms with Gasteiger partial charge in [-0.2, -0.15) is 5.26 Å². The Morgan fingerprint density at radius 2 is 2.15 bits per heavy atom. The number of aromatic amines is 1. The van der Waals surface area contributed by atoms with Crippen molar-refractivity contribution in [3.8, 4) is 16.5 Å². The number of hydrogen-bond acceptors (Lipinski definition) is 3. The van der Waals surface area contributed by atoms with E-state index in [1.165, 1.54) is 33.9 Å². The molecule has 3 N–H and O–H groups in total. The predicted molar refractivity (Wildman–Crippen MR) is 81.5 cm³/mol. The molecule has 2 aromatic rings. The number of hydrogen-bond donors (Lipinski definition) is 1. The van der Waals surface area contributed by atoms with Crippen molar-refractivity contribution in [2.24, 2.45) is 0 Å². The summed E-state index contributed by atoms with van der Waals surface area (Å²) in [7, 11) is 0. The van der Waals surface area contributed by atoms with Crippen molar-refractivity contribution >= 4 is 17.2 Å². The van der Waals surface area contributed by atoms with E-state index >= 15 is 0 Å². The first-order valence-electron chi connectivity index (χ1n) is 7.10. The number of nitriles is 1. The van der Waals surface area contributed by atoms with E-state index in [2.05, 4.69) is 30.1 Å². The third-order valence-corrected chi connectivity index (χ3v) is 5.19. The molecule has 0 aliphatic heterocycles. The minimum Gasteiger partial charge on any atom is -0.286 e. The monoisotopic (exact) mass is 284 g/mol. The summed E-state index contributed by atoms with van der Waals surface area (Å²) in [6.07, 6.45) is 5.48. The average Bonchev–Trinajstić information content (AvgIpc) is 2.94. The molecule has 2 heterocycles. The molecule has 0 saturated carbocycles. The predicted octanol–water partition coefficient (Wildman–Crippen LogP) is 3.12. The van der Waals surface area contributed by atoms with Gasteiger partial charge in [0.1, 0.15) is 17.3 Å². The molecule has 3 nitrogen and oxygen atoms in total. The molecule has 1 aliphatic carbocycles. The van der Waals surface area contributed by atoms with Crippen molar-refractivity contribution in [3.63, 3.8) is 0 Å². The van der Waals surface area contributed by atoms with Gasteiger partial charge in [0.15, 0.2) is 0 Å². The highest BCUT2D eigenvalue weighted by molar-refractivity contribution is 7.15. The lowest BCUT2D eigenvalue weighted by Crippen LogP contribution is -2.24. The first-order valence-corrected chi connectivity index (χ1v) is 7.92. The summed E-state index contributed by atoms with van der Waals surface area (Å²) in [4.78, 5) is 5.76. The van der Waals surface area contributed by atoms with Gasteiger partial charge in [-0.25, -0.2) is 4.98 Å². The van der Waals surface area contributed by atoms with E-state index in [0.717, 1.165) is 24.8 Å². The second kappa shape index (κ2) is 5.26. The fourth-order valence-electron chi connectivity index (χ4n) is 2.92. The lowest BCUT2D eigenvalue weighted by molar-refractivity contribution is -0.374. The van der Waals surface area contributed by atoms with Gasteiger partial charge in [0.2, 0.25) is 0 Å². The summed E-state index contributed by atoms with van der Waals surface area (Å²) in [6.45, 7) is 2.16. The second-order valence-corrected chi connectivity index (χ2v) is 6.35. The molecule has 0 bridgehead atoms. The molecule has 4 heteroatoms. The number of anilines is 1. The fourth-order valence-corrected chi connectivity index (χ4v) is 3.95. The van der Waals surface area contributed by atoms with E-state index in [1.807, 2.05) is 0 Å². The summed E-state index contributed by atoms with van der Waals surface area (Å²) in [5, 5.41) is 9.48. The van der Waals surface area contributed by atoms with Crippen LogP contribution in [0.1, 0.15) is 41.5 Å². The third-order valence-electron chi connectivity index (χ3n) is 3.94. The van der Waals surface area contributed by atoms with E-state index in [9.17, 15) is 5.26 Å². The Morgan fingerprint density at radius 1 is 1.35 bits per heavy atom. The highest BCUT2D eigenvalue weighted by Crippen LogP contribution is 2.37. The van der Waals surface area contributed by atoms with Crippen LogP contribution in [0, 0.1) is 11.3 Å². The van der Waals surface area contributed by atoms with Crippen LogP contribution in [-0.2, 0) is 19.3 Å². The number of pyridine rings is 1. The SMILES string of the molecule is CCc1ccc(-c2c(C#N)c(N)[nH+]c3c2CCCC3)s1. The van der Waals surface area contributed by atoms with Crippen LogP contribution in [0.4, 0.5) is 5.82 Å². The van der Waals surface area contributed by atoms with Crippen LogP contribution in [0.25, 0.3) is 10.4 Å². The lowest BCUT2D eigenvalue weighted by atomic mass is 9.89. The molecule has 102 valence electrons. The van der Waals surface area contributed by atoms with Gasteiger partial charge < -0.3 is 0 Å². The van der Waals surface area contributed by atoms with Crippen LogP contribution in [-0.4, -0.2) is 0 Å². The Hall–Kier alpha value is -1.86. The minimum atomic E-state index is 0.509. The first kappa shape index (κ1) is 13.1. The number of nitrogens with zero attached hydrogens (tertiary/aromatic N) is 1. The van der Waals surface area contributed by atoms with Crippen molar-refractivity contribution in [1.29, 1.82) is 5.26 Å². The maximum atomic E-state index is 9.48. The number of fused-ring (bicyclic) bond motifs is 1. The highest BCUT2D eigenvalue weighted by Gasteiger charge is 2.25. The molecule has 20 heavy (non-hydrogen) atoms. The summed E-state index contributed by atoms with van der Waals surface area (Å²) in [5.74, 6) is 0.509. The van der Waals surface area contributed by atoms with Crippen LogP contribution in [0.3, 0.4) is 0 Å². The van der Waals surface area contributed by atoms with Gasteiger partial charge in [-0.15, -0.1) is 11.3 Å². The fraction of sp³-hybridized carbons (Fsp3) is 0.375. The number of nitrogens with one attached hydrogen (secondary N) is 1. The molecular weight excluding hydrogens is 266 g/mol.